The summed E-state index contributed by atoms with van der Waals surface area (Å²) in [6.07, 6.45) is 1.14. The third-order valence-corrected chi connectivity index (χ3v) is 3.67. The number of carbonyl (C=O) groups is 1. The molecule has 0 saturated carbocycles. The highest BCUT2D eigenvalue weighted by Crippen LogP contribution is 2.20. The molecule has 1 aliphatic heterocycles. The minimum Gasteiger partial charge on any atom is -0.492 e. The number of hydrogen-bond acceptors (Lipinski definition) is 5. The summed E-state index contributed by atoms with van der Waals surface area (Å²) < 4.78 is 5.59. The summed E-state index contributed by atoms with van der Waals surface area (Å²) in [5, 5.41) is 18.8. The Morgan fingerprint density at radius 1 is 1.48 bits per heavy atom. The van der Waals surface area contributed by atoms with Crippen LogP contribution < -0.4 is 10.5 Å². The summed E-state index contributed by atoms with van der Waals surface area (Å²) in [6.45, 7) is 2.11. The molecular weight excluding hydrogens is 270 g/mol. The van der Waals surface area contributed by atoms with Gasteiger partial charge in [0.1, 0.15) is 12.4 Å². The number of aliphatic hydroxyl groups is 1. The van der Waals surface area contributed by atoms with E-state index in [-0.39, 0.29) is 6.54 Å². The number of hydrogen-bond donors (Lipinski definition) is 2. The molecule has 21 heavy (non-hydrogen) atoms. The number of benzene rings is 1. The summed E-state index contributed by atoms with van der Waals surface area (Å²) in [4.78, 5) is 13.2. The van der Waals surface area contributed by atoms with Crippen molar-refractivity contribution in [3.05, 3.63) is 29.8 Å². The molecule has 0 bridgehead atoms. The van der Waals surface area contributed by atoms with Crippen molar-refractivity contribution < 1.29 is 14.6 Å². The fourth-order valence-electron chi connectivity index (χ4n) is 2.43. The summed E-state index contributed by atoms with van der Waals surface area (Å²) in [7, 11) is 0. The molecule has 1 aromatic rings. The number of likely N-dealkylation sites (tertiary alicyclic amines) is 1. The second-order valence-electron chi connectivity index (χ2n) is 5.26. The van der Waals surface area contributed by atoms with Crippen LogP contribution in [-0.2, 0) is 4.79 Å². The Morgan fingerprint density at radius 2 is 2.19 bits per heavy atom. The normalized spacial score (nSPS) is 22.5. The number of ether oxygens (including phenoxy) is 1. The van der Waals surface area contributed by atoms with Gasteiger partial charge >= 0.3 is 0 Å². The van der Waals surface area contributed by atoms with Gasteiger partial charge in [-0.15, -0.1) is 0 Å². The summed E-state index contributed by atoms with van der Waals surface area (Å²) in [5.74, 6) is 0.0244. The molecule has 6 heteroatoms. The zero-order valence-electron chi connectivity index (χ0n) is 11.8. The van der Waals surface area contributed by atoms with E-state index >= 15 is 0 Å². The minimum absolute atomic E-state index is 0.249. The molecule has 0 aromatic heterocycles. The van der Waals surface area contributed by atoms with Crippen molar-refractivity contribution in [2.75, 3.05) is 26.2 Å². The molecule has 1 amide bonds. The number of β-amino-alcohol motifs (C(OH)–C–C–N with tert-alkyl or cyclic N) is 1. The van der Waals surface area contributed by atoms with Crippen molar-refractivity contribution in [2.24, 2.45) is 5.73 Å². The highest BCUT2D eigenvalue weighted by molar-refractivity contribution is 5.83. The molecule has 1 aromatic carbocycles. The Hall–Kier alpha value is -2.10. The summed E-state index contributed by atoms with van der Waals surface area (Å²) in [5.41, 5.74) is 4.40. The lowest BCUT2D eigenvalue weighted by Gasteiger charge is -2.36. The molecule has 2 rings (SSSR count). The molecule has 3 N–H and O–H groups in total. The van der Waals surface area contributed by atoms with Gasteiger partial charge in [0.15, 0.2) is 5.60 Å². The second-order valence-corrected chi connectivity index (χ2v) is 5.26. The molecule has 0 radical (unpaired) electrons. The summed E-state index contributed by atoms with van der Waals surface area (Å²) in [6, 6.07) is 8.93. The fourth-order valence-corrected chi connectivity index (χ4v) is 2.43. The Bertz CT molecular complexity index is 538. The van der Waals surface area contributed by atoms with E-state index in [1.165, 1.54) is 0 Å². The van der Waals surface area contributed by atoms with Gasteiger partial charge in [-0.3, -0.25) is 9.69 Å². The lowest BCUT2D eigenvalue weighted by Crippen LogP contribution is -2.56. The van der Waals surface area contributed by atoms with Crippen LogP contribution in [0.15, 0.2) is 24.3 Å². The first-order chi connectivity index (χ1) is 10.0. The first kappa shape index (κ1) is 15.3. The van der Waals surface area contributed by atoms with Crippen LogP contribution in [0.5, 0.6) is 5.75 Å². The van der Waals surface area contributed by atoms with Crippen molar-refractivity contribution in [1.82, 2.24) is 4.90 Å². The van der Waals surface area contributed by atoms with Crippen LogP contribution in [0.2, 0.25) is 0 Å². The van der Waals surface area contributed by atoms with Gasteiger partial charge in [0.25, 0.3) is 5.91 Å². The second kappa shape index (κ2) is 6.57. The quantitative estimate of drug-likeness (QED) is 0.809. The smallest absolute Gasteiger partial charge is 0.250 e. The van der Waals surface area contributed by atoms with Crippen LogP contribution in [0.4, 0.5) is 0 Å². The van der Waals surface area contributed by atoms with Crippen LogP contribution in [0.3, 0.4) is 0 Å². The van der Waals surface area contributed by atoms with Crippen molar-refractivity contribution in [3.8, 4) is 11.8 Å². The molecule has 1 atom stereocenters. The lowest BCUT2D eigenvalue weighted by atomic mass is 9.92. The first-order valence-corrected chi connectivity index (χ1v) is 6.91. The number of nitrogens with two attached hydrogens (primary N) is 1. The Balaban J connectivity index is 1.80. The largest absolute Gasteiger partial charge is 0.492 e. The van der Waals surface area contributed by atoms with Crippen LogP contribution in [-0.4, -0.2) is 47.8 Å². The van der Waals surface area contributed by atoms with Gasteiger partial charge < -0.3 is 15.6 Å². The van der Waals surface area contributed by atoms with Crippen LogP contribution in [0, 0.1) is 11.3 Å². The maximum atomic E-state index is 11.3. The molecule has 1 saturated heterocycles. The monoisotopic (exact) mass is 289 g/mol. The minimum atomic E-state index is -1.42. The van der Waals surface area contributed by atoms with E-state index in [2.05, 4.69) is 0 Å². The van der Waals surface area contributed by atoms with E-state index in [9.17, 15) is 9.90 Å². The molecule has 1 fully saturated rings. The predicted octanol–water partition coefficient (Wildman–Crippen LogP) is 0.249. The van der Waals surface area contributed by atoms with Crippen molar-refractivity contribution in [1.29, 1.82) is 5.26 Å². The molecule has 6 nitrogen and oxygen atoms in total. The molecule has 112 valence electrons. The van der Waals surface area contributed by atoms with Crippen LogP contribution >= 0.6 is 0 Å². The van der Waals surface area contributed by atoms with E-state index in [1.807, 2.05) is 11.0 Å². The van der Waals surface area contributed by atoms with Gasteiger partial charge in [-0.05, 0) is 43.7 Å². The number of piperidine rings is 1. The van der Waals surface area contributed by atoms with Crippen molar-refractivity contribution in [3.63, 3.8) is 0 Å². The molecular formula is C15H19N3O3. The Labute approximate surface area is 123 Å². The van der Waals surface area contributed by atoms with Gasteiger partial charge in [-0.2, -0.15) is 5.26 Å². The Kier molecular flexibility index (Phi) is 4.78. The van der Waals surface area contributed by atoms with Gasteiger partial charge in [0.2, 0.25) is 0 Å². The topological polar surface area (TPSA) is 99.6 Å². The maximum Gasteiger partial charge on any atom is 0.250 e. The number of carbonyl (C=O) groups excluding carboxylic acids is 1. The average molecular weight is 289 g/mol. The SMILES string of the molecule is N#Cc1ccc(OCCN2CCCC(O)(C(N)=O)C2)cc1. The van der Waals surface area contributed by atoms with E-state index in [0.717, 1.165) is 13.0 Å². The molecule has 0 aliphatic carbocycles. The van der Waals surface area contributed by atoms with Crippen molar-refractivity contribution >= 4 is 5.91 Å². The van der Waals surface area contributed by atoms with E-state index in [0.29, 0.717) is 30.9 Å². The van der Waals surface area contributed by atoms with E-state index in [1.54, 1.807) is 24.3 Å². The van der Waals surface area contributed by atoms with Gasteiger partial charge in [0, 0.05) is 13.1 Å². The van der Waals surface area contributed by atoms with Crippen molar-refractivity contribution in [2.45, 2.75) is 18.4 Å². The number of amides is 1. The molecule has 1 heterocycles. The lowest BCUT2D eigenvalue weighted by molar-refractivity contribution is -0.142. The summed E-state index contributed by atoms with van der Waals surface area (Å²) >= 11 is 0. The van der Waals surface area contributed by atoms with E-state index < -0.39 is 11.5 Å². The zero-order valence-corrected chi connectivity index (χ0v) is 11.8. The first-order valence-electron chi connectivity index (χ1n) is 6.91. The third-order valence-electron chi connectivity index (χ3n) is 3.67. The molecule has 0 spiro atoms. The highest BCUT2D eigenvalue weighted by Gasteiger charge is 2.38. The molecule has 1 aliphatic rings. The predicted molar refractivity (Wildman–Crippen MR) is 76.5 cm³/mol. The highest BCUT2D eigenvalue weighted by atomic mass is 16.5. The van der Waals surface area contributed by atoms with Gasteiger partial charge in [0.05, 0.1) is 11.6 Å². The number of nitrogens with zero attached hydrogens (tertiary/aromatic N) is 2. The third kappa shape index (κ3) is 3.94. The van der Waals surface area contributed by atoms with Gasteiger partial charge in [-0.25, -0.2) is 0 Å². The maximum absolute atomic E-state index is 11.3. The number of primary amides is 1. The fraction of sp³-hybridized carbons (Fsp3) is 0.467. The zero-order chi connectivity index (χ0) is 15.3. The number of rotatable bonds is 5. The average Bonchev–Trinajstić information content (AvgIpc) is 2.48. The van der Waals surface area contributed by atoms with Gasteiger partial charge in [-0.1, -0.05) is 0 Å². The van der Waals surface area contributed by atoms with Crippen LogP contribution in [0.25, 0.3) is 0 Å². The van der Waals surface area contributed by atoms with Crippen LogP contribution in [0.1, 0.15) is 18.4 Å². The van der Waals surface area contributed by atoms with E-state index in [4.69, 9.17) is 15.7 Å². The number of nitriles is 1. The Morgan fingerprint density at radius 3 is 2.81 bits per heavy atom. The molecule has 1 unspecified atom stereocenters. The standard InChI is InChI=1S/C15H19N3O3/c16-10-12-2-4-13(5-3-12)21-9-8-18-7-1-6-15(20,11-18)14(17)19/h2-5,20H,1,6-9,11H2,(H2,17,19).